The van der Waals surface area contributed by atoms with Crippen LogP contribution < -0.4 is 5.73 Å². The number of hydrogen-bond donors (Lipinski definition) is 1. The van der Waals surface area contributed by atoms with Gasteiger partial charge in [0.1, 0.15) is 5.82 Å². The molecule has 5 heteroatoms. The fraction of sp³-hybridized carbons (Fsp3) is 0.400. The monoisotopic (exact) mass is 231 g/mol. The van der Waals surface area contributed by atoms with Crippen LogP contribution in [-0.2, 0) is 9.84 Å². The molecule has 84 valence electrons. The first-order valence-electron chi connectivity index (χ1n) is 4.52. The molecule has 0 fully saturated rings. The van der Waals surface area contributed by atoms with E-state index in [2.05, 4.69) is 0 Å². The van der Waals surface area contributed by atoms with Gasteiger partial charge < -0.3 is 5.73 Å². The number of hydrogen-bond acceptors (Lipinski definition) is 3. The Morgan fingerprint density at radius 1 is 1.27 bits per heavy atom. The summed E-state index contributed by atoms with van der Waals surface area (Å²) in [5.74, 6) is -0.363. The van der Waals surface area contributed by atoms with Crippen LogP contribution in [0.4, 0.5) is 4.39 Å². The summed E-state index contributed by atoms with van der Waals surface area (Å²) < 4.78 is 35.1. The fourth-order valence-corrected chi connectivity index (χ4v) is 1.91. The van der Waals surface area contributed by atoms with Gasteiger partial charge in [-0.1, -0.05) is 12.1 Å². The Kier molecular flexibility index (Phi) is 3.46. The summed E-state index contributed by atoms with van der Waals surface area (Å²) in [6, 6.07) is 4.91. The standard InChI is InChI=1S/C10H14FNO2S/c1-7(15(2,13)14)10(12)8-3-5-9(11)6-4-8/h3-7,10H,12H2,1-2H3/t7-,10-/m1/s1. The molecule has 2 N–H and O–H groups in total. The highest BCUT2D eigenvalue weighted by molar-refractivity contribution is 7.91. The van der Waals surface area contributed by atoms with Crippen molar-refractivity contribution in [3.05, 3.63) is 35.6 Å². The van der Waals surface area contributed by atoms with Gasteiger partial charge in [0.25, 0.3) is 0 Å². The van der Waals surface area contributed by atoms with Crippen LogP contribution in [0.2, 0.25) is 0 Å². The lowest BCUT2D eigenvalue weighted by atomic mass is 10.1. The lowest BCUT2D eigenvalue weighted by Gasteiger charge is -2.18. The molecule has 0 heterocycles. The van der Waals surface area contributed by atoms with Crippen LogP contribution in [-0.4, -0.2) is 19.9 Å². The molecule has 0 aliphatic heterocycles. The summed E-state index contributed by atoms with van der Waals surface area (Å²) in [6.07, 6.45) is 1.14. The first kappa shape index (κ1) is 12.1. The van der Waals surface area contributed by atoms with Crippen molar-refractivity contribution < 1.29 is 12.8 Å². The Hall–Kier alpha value is -0.940. The Morgan fingerprint density at radius 3 is 2.13 bits per heavy atom. The number of nitrogens with two attached hydrogens (primary N) is 1. The minimum Gasteiger partial charge on any atom is -0.323 e. The zero-order valence-corrected chi connectivity index (χ0v) is 9.46. The molecule has 3 nitrogen and oxygen atoms in total. The quantitative estimate of drug-likeness (QED) is 0.852. The lowest BCUT2D eigenvalue weighted by molar-refractivity contribution is 0.570. The molecule has 0 spiro atoms. The molecule has 2 atom stereocenters. The number of benzene rings is 1. The Morgan fingerprint density at radius 2 is 1.73 bits per heavy atom. The summed E-state index contributed by atoms with van der Waals surface area (Å²) in [5.41, 5.74) is 6.39. The molecule has 1 rings (SSSR count). The average molecular weight is 231 g/mol. The van der Waals surface area contributed by atoms with E-state index in [1.807, 2.05) is 0 Å². The molecule has 0 unspecified atom stereocenters. The van der Waals surface area contributed by atoms with Gasteiger partial charge in [0.15, 0.2) is 9.84 Å². The van der Waals surface area contributed by atoms with Crippen LogP contribution >= 0.6 is 0 Å². The van der Waals surface area contributed by atoms with Gasteiger partial charge in [-0.05, 0) is 24.6 Å². The summed E-state index contributed by atoms with van der Waals surface area (Å²) in [7, 11) is -3.18. The van der Waals surface area contributed by atoms with Gasteiger partial charge in [0.2, 0.25) is 0 Å². The molecule has 0 bridgehead atoms. The molecule has 0 aliphatic carbocycles. The molecule has 15 heavy (non-hydrogen) atoms. The van der Waals surface area contributed by atoms with Crippen LogP contribution in [0.3, 0.4) is 0 Å². The second kappa shape index (κ2) is 4.28. The molecule has 0 radical (unpaired) electrons. The maximum Gasteiger partial charge on any atom is 0.151 e. The molecular formula is C10H14FNO2S. The first-order chi connectivity index (χ1) is 6.82. The van der Waals surface area contributed by atoms with E-state index in [0.717, 1.165) is 6.26 Å². The van der Waals surface area contributed by atoms with E-state index >= 15 is 0 Å². The molecule has 0 saturated carbocycles. The van der Waals surface area contributed by atoms with Crippen LogP contribution in [0, 0.1) is 5.82 Å². The first-order valence-corrected chi connectivity index (χ1v) is 6.47. The third-order valence-corrected chi connectivity index (χ3v) is 4.08. The maximum absolute atomic E-state index is 12.6. The van der Waals surface area contributed by atoms with E-state index in [4.69, 9.17) is 5.73 Å². The second-order valence-electron chi connectivity index (χ2n) is 3.61. The van der Waals surface area contributed by atoms with Gasteiger partial charge in [0.05, 0.1) is 5.25 Å². The summed E-state index contributed by atoms with van der Waals surface area (Å²) in [4.78, 5) is 0. The minimum atomic E-state index is -3.18. The van der Waals surface area contributed by atoms with Gasteiger partial charge >= 0.3 is 0 Å². The Bertz CT molecular complexity index is 427. The molecule has 0 amide bonds. The molecule has 0 aliphatic rings. The van der Waals surface area contributed by atoms with Gasteiger partial charge in [-0.2, -0.15) is 0 Å². The minimum absolute atomic E-state index is 0.363. The van der Waals surface area contributed by atoms with Gasteiger partial charge in [-0.3, -0.25) is 0 Å². The number of sulfone groups is 1. The van der Waals surface area contributed by atoms with Crippen molar-refractivity contribution in [2.24, 2.45) is 5.73 Å². The van der Waals surface area contributed by atoms with Crippen molar-refractivity contribution in [1.29, 1.82) is 0 Å². The predicted molar refractivity (Wildman–Crippen MR) is 57.6 cm³/mol. The van der Waals surface area contributed by atoms with Crippen LogP contribution in [0.15, 0.2) is 24.3 Å². The van der Waals surface area contributed by atoms with E-state index in [0.29, 0.717) is 5.56 Å². The van der Waals surface area contributed by atoms with E-state index < -0.39 is 21.1 Å². The Labute approximate surface area is 89.0 Å². The van der Waals surface area contributed by atoms with Crippen LogP contribution in [0.1, 0.15) is 18.5 Å². The van der Waals surface area contributed by atoms with Crippen molar-refractivity contribution in [2.45, 2.75) is 18.2 Å². The smallest absolute Gasteiger partial charge is 0.151 e. The fourth-order valence-electron chi connectivity index (χ4n) is 1.22. The van der Waals surface area contributed by atoms with Crippen molar-refractivity contribution in [1.82, 2.24) is 0 Å². The zero-order valence-electron chi connectivity index (χ0n) is 8.64. The van der Waals surface area contributed by atoms with Crippen molar-refractivity contribution in [3.8, 4) is 0 Å². The number of halogens is 1. The highest BCUT2D eigenvalue weighted by Crippen LogP contribution is 2.19. The molecular weight excluding hydrogens is 217 g/mol. The van der Waals surface area contributed by atoms with Gasteiger partial charge in [-0.25, -0.2) is 12.8 Å². The normalized spacial score (nSPS) is 16.0. The highest BCUT2D eigenvalue weighted by atomic mass is 32.2. The highest BCUT2D eigenvalue weighted by Gasteiger charge is 2.23. The second-order valence-corrected chi connectivity index (χ2v) is 6.01. The third-order valence-electron chi connectivity index (χ3n) is 2.44. The van der Waals surface area contributed by atoms with E-state index in [-0.39, 0.29) is 5.82 Å². The summed E-state index contributed by atoms with van der Waals surface area (Å²) in [5, 5.41) is -0.678. The molecule has 0 aromatic heterocycles. The summed E-state index contributed by atoms with van der Waals surface area (Å²) in [6.45, 7) is 1.54. The number of rotatable bonds is 3. The topological polar surface area (TPSA) is 60.2 Å². The average Bonchev–Trinajstić information content (AvgIpc) is 2.15. The van der Waals surface area contributed by atoms with Crippen molar-refractivity contribution >= 4 is 9.84 Å². The predicted octanol–water partition coefficient (Wildman–Crippen LogP) is 1.26. The van der Waals surface area contributed by atoms with E-state index in [1.165, 1.54) is 24.3 Å². The maximum atomic E-state index is 12.6. The molecule has 1 aromatic rings. The van der Waals surface area contributed by atoms with Crippen LogP contribution in [0.25, 0.3) is 0 Å². The molecule has 0 saturated heterocycles. The Balaban J connectivity index is 2.95. The SMILES string of the molecule is C[C@H]([C@@H](N)c1ccc(F)cc1)S(C)(=O)=O. The van der Waals surface area contributed by atoms with Crippen LogP contribution in [0.5, 0.6) is 0 Å². The molecule has 1 aromatic carbocycles. The third kappa shape index (κ3) is 3.00. The van der Waals surface area contributed by atoms with Crippen molar-refractivity contribution in [3.63, 3.8) is 0 Å². The lowest BCUT2D eigenvalue weighted by Crippen LogP contribution is -2.30. The van der Waals surface area contributed by atoms with E-state index in [9.17, 15) is 12.8 Å². The largest absolute Gasteiger partial charge is 0.323 e. The zero-order chi connectivity index (χ0) is 11.6. The van der Waals surface area contributed by atoms with E-state index in [1.54, 1.807) is 6.92 Å². The van der Waals surface area contributed by atoms with Gasteiger partial charge in [0, 0.05) is 12.3 Å². The van der Waals surface area contributed by atoms with Crippen molar-refractivity contribution in [2.75, 3.05) is 6.26 Å². The summed E-state index contributed by atoms with van der Waals surface area (Å²) >= 11 is 0. The van der Waals surface area contributed by atoms with Gasteiger partial charge in [-0.15, -0.1) is 0 Å².